The van der Waals surface area contributed by atoms with Gasteiger partial charge in [-0.15, -0.1) is 11.8 Å². The number of ether oxygens (including phenoxy) is 2. The molecule has 10 heteroatoms. The lowest BCUT2D eigenvalue weighted by molar-refractivity contribution is -0.119. The molecule has 33 heavy (non-hydrogen) atoms. The van der Waals surface area contributed by atoms with Crippen molar-refractivity contribution in [2.75, 3.05) is 49.4 Å². The van der Waals surface area contributed by atoms with Gasteiger partial charge in [-0.1, -0.05) is 0 Å². The minimum Gasteiger partial charge on any atom is -0.461 e. The Kier molecular flexibility index (Phi) is 7.26. The Morgan fingerprint density at radius 3 is 2.58 bits per heavy atom. The summed E-state index contributed by atoms with van der Waals surface area (Å²) >= 11 is 1.29. The number of furan rings is 1. The number of carbonyl (C=O) groups is 2. The molecule has 1 aliphatic heterocycles. The van der Waals surface area contributed by atoms with Gasteiger partial charge in [0.2, 0.25) is 0 Å². The lowest BCUT2D eigenvalue weighted by Crippen LogP contribution is -2.36. The smallest absolute Gasteiger partial charge is 0.343 e. The van der Waals surface area contributed by atoms with E-state index in [0.717, 1.165) is 18.8 Å². The topological polar surface area (TPSA) is 107 Å². The second kappa shape index (κ2) is 10.5. The minimum atomic E-state index is -0.652. The number of hydrogen-bond donors (Lipinski definition) is 1. The van der Waals surface area contributed by atoms with E-state index >= 15 is 0 Å². The molecule has 1 N–H and O–H groups in total. The molecule has 9 nitrogen and oxygen atoms in total. The van der Waals surface area contributed by atoms with E-state index in [2.05, 4.69) is 20.2 Å². The molecule has 1 amide bonds. The van der Waals surface area contributed by atoms with E-state index in [0.29, 0.717) is 41.2 Å². The van der Waals surface area contributed by atoms with Gasteiger partial charge >= 0.3 is 5.97 Å². The van der Waals surface area contributed by atoms with Gasteiger partial charge in [0.05, 0.1) is 25.2 Å². The van der Waals surface area contributed by atoms with Crippen molar-refractivity contribution in [1.82, 2.24) is 9.97 Å². The highest BCUT2D eigenvalue weighted by atomic mass is 32.2. The number of carbonyl (C=O) groups excluding carboxylic acids is 2. The van der Waals surface area contributed by atoms with Crippen molar-refractivity contribution in [3.05, 3.63) is 53.9 Å². The number of morpholine rings is 1. The molecule has 3 aromatic rings. The highest BCUT2D eigenvalue weighted by Gasteiger charge is 2.22. The second-order valence-electron chi connectivity index (χ2n) is 7.26. The van der Waals surface area contributed by atoms with E-state index in [4.69, 9.17) is 13.9 Å². The molecule has 0 radical (unpaired) electrons. The molecule has 1 aromatic carbocycles. The van der Waals surface area contributed by atoms with E-state index in [-0.39, 0.29) is 5.56 Å². The predicted octanol–water partition coefficient (Wildman–Crippen LogP) is 3.40. The number of anilines is 2. The van der Waals surface area contributed by atoms with Gasteiger partial charge in [-0.25, -0.2) is 14.8 Å². The summed E-state index contributed by atoms with van der Waals surface area (Å²) < 4.78 is 16.0. The van der Waals surface area contributed by atoms with Crippen molar-refractivity contribution < 1.29 is 23.5 Å². The van der Waals surface area contributed by atoms with Crippen molar-refractivity contribution in [3.8, 4) is 11.6 Å². The molecule has 1 aliphatic rings. The standard InChI is InChI=1S/C23H24N4O5S/c1-15-20(22(33-2)26-21(24-15)18-4-3-11-31-18)23(29)32-14-19(28)25-16-5-7-17(8-6-16)27-9-12-30-13-10-27/h3-8,11H,9-10,12-14H2,1-2H3,(H,25,28). The maximum absolute atomic E-state index is 12.7. The third-order valence-corrected chi connectivity index (χ3v) is 5.74. The van der Waals surface area contributed by atoms with Crippen LogP contribution in [0.1, 0.15) is 16.1 Å². The van der Waals surface area contributed by atoms with Crippen LogP contribution in [0.2, 0.25) is 0 Å². The molecular weight excluding hydrogens is 444 g/mol. The summed E-state index contributed by atoms with van der Waals surface area (Å²) in [5.41, 5.74) is 2.38. The van der Waals surface area contributed by atoms with Crippen molar-refractivity contribution >= 4 is 35.0 Å². The number of thioether (sulfide) groups is 1. The van der Waals surface area contributed by atoms with Gasteiger partial charge in [0, 0.05) is 24.5 Å². The minimum absolute atomic E-state index is 0.237. The molecule has 1 fully saturated rings. The number of esters is 1. The average molecular weight is 469 g/mol. The first-order valence-electron chi connectivity index (χ1n) is 10.4. The normalized spacial score (nSPS) is 13.6. The Morgan fingerprint density at radius 2 is 1.91 bits per heavy atom. The molecule has 1 saturated heterocycles. The molecule has 0 saturated carbocycles. The fraction of sp³-hybridized carbons (Fsp3) is 0.304. The first-order valence-corrected chi connectivity index (χ1v) is 11.6. The number of nitrogens with one attached hydrogen (secondary N) is 1. The zero-order valence-electron chi connectivity index (χ0n) is 18.4. The zero-order valence-corrected chi connectivity index (χ0v) is 19.2. The van der Waals surface area contributed by atoms with Crippen LogP contribution in [0.5, 0.6) is 0 Å². The largest absolute Gasteiger partial charge is 0.461 e. The summed E-state index contributed by atoms with van der Waals surface area (Å²) in [5, 5.41) is 3.20. The van der Waals surface area contributed by atoms with E-state index < -0.39 is 18.5 Å². The van der Waals surface area contributed by atoms with Crippen LogP contribution in [-0.4, -0.2) is 61.0 Å². The molecule has 172 valence electrons. The number of benzene rings is 1. The molecule has 0 unspecified atom stereocenters. The van der Waals surface area contributed by atoms with Crippen molar-refractivity contribution in [2.45, 2.75) is 11.9 Å². The van der Waals surface area contributed by atoms with Crippen LogP contribution in [0.3, 0.4) is 0 Å². The Balaban J connectivity index is 1.36. The summed E-state index contributed by atoms with van der Waals surface area (Å²) in [5.74, 6) is -0.191. The van der Waals surface area contributed by atoms with Crippen LogP contribution >= 0.6 is 11.8 Å². The van der Waals surface area contributed by atoms with E-state index in [9.17, 15) is 9.59 Å². The Labute approximate surface area is 195 Å². The van der Waals surface area contributed by atoms with Crippen LogP contribution in [-0.2, 0) is 14.3 Å². The van der Waals surface area contributed by atoms with Gasteiger partial charge in [-0.2, -0.15) is 0 Å². The summed E-state index contributed by atoms with van der Waals surface area (Å²) in [6.07, 6.45) is 3.33. The fourth-order valence-electron chi connectivity index (χ4n) is 3.42. The Hall–Kier alpha value is -3.37. The quantitative estimate of drug-likeness (QED) is 0.317. The fourth-order valence-corrected chi connectivity index (χ4v) is 4.04. The number of amides is 1. The predicted molar refractivity (Wildman–Crippen MR) is 125 cm³/mol. The lowest BCUT2D eigenvalue weighted by Gasteiger charge is -2.28. The third-order valence-electron chi connectivity index (χ3n) is 5.06. The average Bonchev–Trinajstić information content (AvgIpc) is 3.38. The Morgan fingerprint density at radius 1 is 1.15 bits per heavy atom. The van der Waals surface area contributed by atoms with E-state index in [1.54, 1.807) is 25.3 Å². The van der Waals surface area contributed by atoms with Gasteiger partial charge in [0.15, 0.2) is 18.2 Å². The summed E-state index contributed by atoms with van der Waals surface area (Å²) in [4.78, 5) is 36.0. The summed E-state index contributed by atoms with van der Waals surface area (Å²) in [6.45, 7) is 4.37. The van der Waals surface area contributed by atoms with Crippen LogP contribution in [0, 0.1) is 6.92 Å². The van der Waals surface area contributed by atoms with Crippen LogP contribution in [0.15, 0.2) is 52.1 Å². The monoisotopic (exact) mass is 468 g/mol. The second-order valence-corrected chi connectivity index (χ2v) is 8.06. The van der Waals surface area contributed by atoms with Gasteiger partial charge in [-0.05, 0) is 49.6 Å². The zero-order chi connectivity index (χ0) is 23.2. The molecule has 4 rings (SSSR count). The van der Waals surface area contributed by atoms with E-state index in [1.807, 2.05) is 24.3 Å². The molecule has 0 atom stereocenters. The molecule has 0 spiro atoms. The van der Waals surface area contributed by atoms with Crippen LogP contribution in [0.25, 0.3) is 11.6 Å². The molecule has 3 heterocycles. The van der Waals surface area contributed by atoms with Gasteiger partial charge in [-0.3, -0.25) is 4.79 Å². The maximum atomic E-state index is 12.7. The highest BCUT2D eigenvalue weighted by Crippen LogP contribution is 2.26. The van der Waals surface area contributed by atoms with Gasteiger partial charge in [0.25, 0.3) is 5.91 Å². The number of nitrogens with zero attached hydrogens (tertiary/aromatic N) is 3. The summed E-state index contributed by atoms with van der Waals surface area (Å²) in [6, 6.07) is 11.0. The molecule has 0 bridgehead atoms. The number of aryl methyl sites for hydroxylation is 1. The number of hydrogen-bond acceptors (Lipinski definition) is 9. The maximum Gasteiger partial charge on any atom is 0.343 e. The third kappa shape index (κ3) is 5.52. The van der Waals surface area contributed by atoms with Crippen molar-refractivity contribution in [2.24, 2.45) is 0 Å². The molecule has 2 aromatic heterocycles. The first kappa shape index (κ1) is 22.8. The Bertz CT molecular complexity index is 1110. The number of aromatic nitrogens is 2. The van der Waals surface area contributed by atoms with Crippen molar-refractivity contribution in [1.29, 1.82) is 0 Å². The van der Waals surface area contributed by atoms with Crippen molar-refractivity contribution in [3.63, 3.8) is 0 Å². The molecule has 0 aliphatic carbocycles. The first-order chi connectivity index (χ1) is 16.0. The summed E-state index contributed by atoms with van der Waals surface area (Å²) in [7, 11) is 0. The van der Waals surface area contributed by atoms with E-state index in [1.165, 1.54) is 18.0 Å². The lowest BCUT2D eigenvalue weighted by atomic mass is 10.2. The molecular formula is C23H24N4O5S. The van der Waals surface area contributed by atoms with Crippen LogP contribution < -0.4 is 10.2 Å². The number of rotatable bonds is 7. The van der Waals surface area contributed by atoms with Gasteiger partial charge in [0.1, 0.15) is 10.6 Å². The highest BCUT2D eigenvalue weighted by molar-refractivity contribution is 7.98. The van der Waals surface area contributed by atoms with Gasteiger partial charge < -0.3 is 24.1 Å². The van der Waals surface area contributed by atoms with Crippen LogP contribution in [0.4, 0.5) is 11.4 Å². The SMILES string of the molecule is CSc1nc(-c2ccco2)nc(C)c1C(=O)OCC(=O)Nc1ccc(N2CCOCC2)cc1.